The van der Waals surface area contributed by atoms with Crippen molar-refractivity contribution in [3.05, 3.63) is 0 Å². The van der Waals surface area contributed by atoms with Crippen LogP contribution in [0.15, 0.2) is 0 Å². The van der Waals surface area contributed by atoms with Gasteiger partial charge in [-0.2, -0.15) is 0 Å². The molecule has 1 saturated heterocycles. The Morgan fingerprint density at radius 2 is 1.87 bits per heavy atom. The van der Waals surface area contributed by atoms with Crippen molar-refractivity contribution in [3.8, 4) is 0 Å². The quantitative estimate of drug-likeness (QED) is 0.777. The highest BCUT2D eigenvalue weighted by molar-refractivity contribution is 5.84. The van der Waals surface area contributed by atoms with E-state index in [9.17, 15) is 14.4 Å². The summed E-state index contributed by atoms with van der Waals surface area (Å²) in [5.41, 5.74) is -0.772. The van der Waals surface area contributed by atoms with Crippen molar-refractivity contribution in [3.63, 3.8) is 0 Å². The summed E-state index contributed by atoms with van der Waals surface area (Å²) in [6.07, 6.45) is 3.41. The number of nitrogens with one attached hydrogen (secondary N) is 1. The molecule has 0 aromatic carbocycles. The molecule has 1 saturated carbocycles. The van der Waals surface area contributed by atoms with Crippen LogP contribution in [-0.4, -0.2) is 46.4 Å². The number of carboxylic acid groups (broad SMARTS) is 1. The van der Waals surface area contributed by atoms with Gasteiger partial charge in [0.1, 0.15) is 0 Å². The SMILES string of the molecule is CC(C)C(C)(CC(=O)O)NC(=O)C1CCCN(C(=O)C2CC2)C1. The second-order valence-corrected chi connectivity index (χ2v) is 7.53. The Hall–Kier alpha value is -1.59. The van der Waals surface area contributed by atoms with E-state index in [0.29, 0.717) is 6.54 Å². The Kier molecular flexibility index (Phi) is 5.32. The third kappa shape index (κ3) is 4.45. The normalized spacial score (nSPS) is 24.2. The number of hydrogen-bond donors (Lipinski definition) is 2. The number of carbonyl (C=O) groups excluding carboxylic acids is 2. The topological polar surface area (TPSA) is 86.7 Å². The molecule has 0 spiro atoms. The first-order valence-corrected chi connectivity index (χ1v) is 8.55. The zero-order valence-electron chi connectivity index (χ0n) is 14.3. The minimum Gasteiger partial charge on any atom is -0.481 e. The van der Waals surface area contributed by atoms with Gasteiger partial charge in [-0.05, 0) is 38.5 Å². The molecule has 6 heteroatoms. The molecule has 23 heavy (non-hydrogen) atoms. The summed E-state index contributed by atoms with van der Waals surface area (Å²) in [5, 5.41) is 12.0. The number of carboxylic acids is 1. The van der Waals surface area contributed by atoms with E-state index < -0.39 is 11.5 Å². The van der Waals surface area contributed by atoms with Gasteiger partial charge in [-0.1, -0.05) is 13.8 Å². The molecule has 2 amide bonds. The Balaban J connectivity index is 1.97. The minimum absolute atomic E-state index is 0.00957. The van der Waals surface area contributed by atoms with Gasteiger partial charge >= 0.3 is 5.97 Å². The van der Waals surface area contributed by atoms with E-state index in [2.05, 4.69) is 5.32 Å². The van der Waals surface area contributed by atoms with Crippen molar-refractivity contribution in [2.24, 2.45) is 17.8 Å². The molecule has 130 valence electrons. The molecule has 1 aliphatic heterocycles. The molecule has 6 nitrogen and oxygen atoms in total. The van der Waals surface area contributed by atoms with Crippen molar-refractivity contribution in [1.29, 1.82) is 0 Å². The van der Waals surface area contributed by atoms with Crippen LogP contribution in [0.3, 0.4) is 0 Å². The van der Waals surface area contributed by atoms with E-state index in [1.165, 1.54) is 0 Å². The molecule has 2 fully saturated rings. The Bertz CT molecular complexity index is 487. The average Bonchev–Trinajstić information content (AvgIpc) is 3.30. The fourth-order valence-corrected chi connectivity index (χ4v) is 3.07. The highest BCUT2D eigenvalue weighted by Crippen LogP contribution is 2.32. The second kappa shape index (κ2) is 6.89. The summed E-state index contributed by atoms with van der Waals surface area (Å²) >= 11 is 0. The number of piperidine rings is 1. The van der Waals surface area contributed by atoms with E-state index >= 15 is 0 Å². The standard InChI is InChI=1S/C17H28N2O4/c1-11(2)17(3,9-14(20)21)18-15(22)13-5-4-8-19(10-13)16(23)12-6-7-12/h11-13H,4-10H2,1-3H3,(H,18,22)(H,20,21). The number of hydrogen-bond acceptors (Lipinski definition) is 3. The number of nitrogens with zero attached hydrogens (tertiary/aromatic N) is 1. The third-order valence-electron chi connectivity index (χ3n) is 5.23. The molecule has 2 N–H and O–H groups in total. The van der Waals surface area contributed by atoms with Gasteiger partial charge in [-0.25, -0.2) is 0 Å². The number of aliphatic carboxylic acids is 1. The van der Waals surface area contributed by atoms with Crippen LogP contribution < -0.4 is 5.32 Å². The van der Waals surface area contributed by atoms with Gasteiger partial charge in [0.2, 0.25) is 11.8 Å². The fourth-order valence-electron chi connectivity index (χ4n) is 3.07. The summed E-state index contributed by atoms with van der Waals surface area (Å²) in [4.78, 5) is 37.7. The molecule has 2 atom stereocenters. The molecule has 0 radical (unpaired) electrons. The zero-order valence-corrected chi connectivity index (χ0v) is 14.3. The predicted octanol–water partition coefficient (Wildman–Crippen LogP) is 1.64. The molecule has 1 heterocycles. The van der Waals surface area contributed by atoms with Crippen molar-refractivity contribution in [2.45, 2.75) is 58.4 Å². The smallest absolute Gasteiger partial charge is 0.305 e. The van der Waals surface area contributed by atoms with Crippen molar-refractivity contribution < 1.29 is 19.5 Å². The van der Waals surface area contributed by atoms with Crippen LogP contribution in [0, 0.1) is 17.8 Å². The Morgan fingerprint density at radius 3 is 2.39 bits per heavy atom. The first-order chi connectivity index (χ1) is 10.7. The number of carbonyl (C=O) groups is 3. The highest BCUT2D eigenvalue weighted by atomic mass is 16.4. The maximum atomic E-state index is 12.6. The van der Waals surface area contributed by atoms with Crippen LogP contribution in [-0.2, 0) is 14.4 Å². The van der Waals surface area contributed by atoms with Crippen LogP contribution in [0.1, 0.15) is 52.9 Å². The van der Waals surface area contributed by atoms with E-state index in [1.54, 1.807) is 6.92 Å². The lowest BCUT2D eigenvalue weighted by Crippen LogP contribution is -2.55. The maximum absolute atomic E-state index is 12.6. The molecular weight excluding hydrogens is 296 g/mol. The lowest BCUT2D eigenvalue weighted by Gasteiger charge is -2.37. The molecule has 0 aromatic heterocycles. The van der Waals surface area contributed by atoms with E-state index in [0.717, 1.165) is 32.2 Å². The van der Waals surface area contributed by atoms with Gasteiger partial charge in [0.15, 0.2) is 0 Å². The van der Waals surface area contributed by atoms with Crippen LogP contribution in [0.4, 0.5) is 0 Å². The number of likely N-dealkylation sites (tertiary alicyclic amines) is 1. The van der Waals surface area contributed by atoms with Crippen molar-refractivity contribution in [1.82, 2.24) is 10.2 Å². The molecule has 2 unspecified atom stereocenters. The molecule has 0 bridgehead atoms. The van der Waals surface area contributed by atoms with Gasteiger partial charge in [0, 0.05) is 24.5 Å². The lowest BCUT2D eigenvalue weighted by atomic mass is 9.84. The Labute approximate surface area is 137 Å². The van der Waals surface area contributed by atoms with Crippen LogP contribution in [0.25, 0.3) is 0 Å². The zero-order chi connectivity index (χ0) is 17.2. The predicted molar refractivity (Wildman–Crippen MR) is 85.7 cm³/mol. The summed E-state index contributed by atoms with van der Waals surface area (Å²) in [6.45, 7) is 6.79. The van der Waals surface area contributed by atoms with Crippen LogP contribution >= 0.6 is 0 Å². The fraction of sp³-hybridized carbons (Fsp3) is 0.824. The lowest BCUT2D eigenvalue weighted by molar-refractivity contribution is -0.140. The summed E-state index contributed by atoms with van der Waals surface area (Å²) in [6, 6.07) is 0. The largest absolute Gasteiger partial charge is 0.481 e. The molecule has 1 aliphatic carbocycles. The van der Waals surface area contributed by atoms with Gasteiger partial charge in [0.25, 0.3) is 0 Å². The van der Waals surface area contributed by atoms with Crippen molar-refractivity contribution in [2.75, 3.05) is 13.1 Å². The van der Waals surface area contributed by atoms with Gasteiger partial charge in [-0.15, -0.1) is 0 Å². The number of rotatable bonds is 6. The number of amides is 2. The summed E-state index contributed by atoms with van der Waals surface area (Å²) in [7, 11) is 0. The summed E-state index contributed by atoms with van der Waals surface area (Å²) < 4.78 is 0. The molecule has 2 aliphatic rings. The molecule has 2 rings (SSSR count). The van der Waals surface area contributed by atoms with Gasteiger partial charge in [0.05, 0.1) is 12.3 Å². The van der Waals surface area contributed by atoms with E-state index in [-0.39, 0.29) is 36.0 Å². The average molecular weight is 324 g/mol. The second-order valence-electron chi connectivity index (χ2n) is 7.53. The van der Waals surface area contributed by atoms with E-state index in [4.69, 9.17) is 5.11 Å². The minimum atomic E-state index is -0.921. The highest BCUT2D eigenvalue weighted by Gasteiger charge is 2.39. The van der Waals surface area contributed by atoms with Crippen LogP contribution in [0.5, 0.6) is 0 Å². The first kappa shape index (κ1) is 17.8. The summed E-state index contributed by atoms with van der Waals surface area (Å²) in [5.74, 6) is -0.926. The van der Waals surface area contributed by atoms with Crippen molar-refractivity contribution >= 4 is 17.8 Å². The van der Waals surface area contributed by atoms with Gasteiger partial charge in [-0.3, -0.25) is 14.4 Å². The monoisotopic (exact) mass is 324 g/mol. The van der Waals surface area contributed by atoms with Crippen LogP contribution in [0.2, 0.25) is 0 Å². The first-order valence-electron chi connectivity index (χ1n) is 8.55. The third-order valence-corrected chi connectivity index (χ3v) is 5.23. The maximum Gasteiger partial charge on any atom is 0.305 e. The molecule has 0 aromatic rings. The van der Waals surface area contributed by atoms with E-state index in [1.807, 2.05) is 18.7 Å². The Morgan fingerprint density at radius 1 is 1.22 bits per heavy atom. The van der Waals surface area contributed by atoms with Gasteiger partial charge < -0.3 is 15.3 Å². The molecular formula is C17H28N2O4.